The molecule has 0 spiro atoms. The maximum absolute atomic E-state index is 13.2. The van der Waals surface area contributed by atoms with Crippen molar-refractivity contribution in [1.82, 2.24) is 0 Å². The van der Waals surface area contributed by atoms with E-state index in [9.17, 15) is 24.0 Å². The van der Waals surface area contributed by atoms with Crippen LogP contribution in [0.4, 0.5) is 0 Å². The number of ketones is 1. The Morgan fingerprint density at radius 1 is 0.857 bits per heavy atom. The SMILES string of the molecule is CC(=O)OCC1OC(Oc2cc(C)c3c(c2)C(=O)/C(=C/c2ccc(C)o2)O3)C(OC(C)=O)C(OC(C)=O)C1OC(C)=O. The van der Waals surface area contributed by atoms with Gasteiger partial charge >= 0.3 is 23.9 Å². The molecule has 1 fully saturated rings. The standard InChI is InChI=1S/C29H30O13/c1-13-9-20(10-21-24(34)22(41-25(13)21)11-19-8-7-14(2)36-19)40-29-28(39-18(6)33)27(38-17(5)32)26(37-16(4)31)23(42-29)12-35-15(3)30/h7-11,23,26-29H,12H2,1-6H3/b22-11-. The molecule has 13 nitrogen and oxygen atoms in total. The molecule has 2 aromatic rings. The fourth-order valence-corrected chi connectivity index (χ4v) is 4.57. The number of esters is 4. The van der Waals surface area contributed by atoms with Gasteiger partial charge in [-0.3, -0.25) is 24.0 Å². The molecule has 5 unspecified atom stereocenters. The second kappa shape index (κ2) is 12.5. The maximum Gasteiger partial charge on any atom is 0.303 e. The molecule has 0 radical (unpaired) electrons. The number of hydrogen-bond acceptors (Lipinski definition) is 13. The number of ether oxygens (including phenoxy) is 7. The van der Waals surface area contributed by atoms with Gasteiger partial charge in [0.15, 0.2) is 18.0 Å². The Hall–Kier alpha value is -4.65. The zero-order valence-electron chi connectivity index (χ0n) is 23.8. The van der Waals surface area contributed by atoms with E-state index in [1.807, 2.05) is 0 Å². The summed E-state index contributed by atoms with van der Waals surface area (Å²) in [4.78, 5) is 60.8. The fraction of sp³-hybridized carbons (Fsp3) is 0.414. The van der Waals surface area contributed by atoms with E-state index in [-0.39, 0.29) is 17.1 Å². The summed E-state index contributed by atoms with van der Waals surface area (Å²) >= 11 is 0. The molecule has 4 rings (SSSR count). The summed E-state index contributed by atoms with van der Waals surface area (Å²) in [5.41, 5.74) is 0.741. The topological polar surface area (TPSA) is 163 Å². The lowest BCUT2D eigenvalue weighted by Gasteiger charge is -2.43. The third-order valence-electron chi connectivity index (χ3n) is 6.16. The number of furan rings is 1. The normalized spacial score (nSPS) is 23.9. The number of allylic oxidation sites excluding steroid dienone is 1. The molecule has 0 N–H and O–H groups in total. The van der Waals surface area contributed by atoms with Crippen molar-refractivity contribution in [2.45, 2.75) is 72.2 Å². The molecule has 0 bridgehead atoms. The van der Waals surface area contributed by atoms with Crippen molar-refractivity contribution in [2.24, 2.45) is 0 Å². The smallest absolute Gasteiger partial charge is 0.303 e. The third kappa shape index (κ3) is 6.97. The molecule has 13 heteroatoms. The Kier molecular flexibility index (Phi) is 9.00. The first-order chi connectivity index (χ1) is 19.8. The van der Waals surface area contributed by atoms with Crippen LogP contribution in [-0.4, -0.2) is 67.0 Å². The van der Waals surface area contributed by atoms with Gasteiger partial charge in [-0.05, 0) is 43.7 Å². The summed E-state index contributed by atoms with van der Waals surface area (Å²) in [5.74, 6) is -1.77. The van der Waals surface area contributed by atoms with Crippen molar-refractivity contribution in [3.05, 3.63) is 52.7 Å². The molecule has 1 saturated heterocycles. The van der Waals surface area contributed by atoms with E-state index in [2.05, 4.69) is 0 Å². The van der Waals surface area contributed by atoms with E-state index in [0.29, 0.717) is 22.8 Å². The quantitative estimate of drug-likeness (QED) is 0.252. The van der Waals surface area contributed by atoms with Crippen LogP contribution in [0.15, 0.2) is 34.4 Å². The van der Waals surface area contributed by atoms with Gasteiger partial charge in [0.2, 0.25) is 18.2 Å². The molecule has 0 amide bonds. The average Bonchev–Trinajstić information content (AvgIpc) is 3.43. The largest absolute Gasteiger partial charge is 0.463 e. The van der Waals surface area contributed by atoms with Crippen molar-refractivity contribution in [1.29, 1.82) is 0 Å². The molecule has 1 aromatic carbocycles. The predicted molar refractivity (Wildman–Crippen MR) is 140 cm³/mol. The van der Waals surface area contributed by atoms with Crippen molar-refractivity contribution < 1.29 is 61.5 Å². The molecule has 3 heterocycles. The monoisotopic (exact) mass is 586 g/mol. The van der Waals surface area contributed by atoms with Crippen LogP contribution in [0.3, 0.4) is 0 Å². The van der Waals surface area contributed by atoms with Crippen LogP contribution in [0.25, 0.3) is 6.08 Å². The van der Waals surface area contributed by atoms with Crippen LogP contribution in [0.1, 0.15) is 55.1 Å². The van der Waals surface area contributed by atoms with E-state index >= 15 is 0 Å². The summed E-state index contributed by atoms with van der Waals surface area (Å²) in [7, 11) is 0. The number of fused-ring (bicyclic) bond motifs is 1. The molecule has 224 valence electrons. The van der Waals surface area contributed by atoms with Crippen LogP contribution in [0.2, 0.25) is 0 Å². The highest BCUT2D eigenvalue weighted by Gasteiger charge is 2.53. The van der Waals surface area contributed by atoms with Crippen molar-refractivity contribution in [3.8, 4) is 11.5 Å². The minimum absolute atomic E-state index is 0.0481. The summed E-state index contributed by atoms with van der Waals surface area (Å²) in [6.07, 6.45) is -5.32. The number of rotatable bonds is 8. The fourth-order valence-electron chi connectivity index (χ4n) is 4.57. The summed E-state index contributed by atoms with van der Waals surface area (Å²) in [6.45, 7) is 7.60. The summed E-state index contributed by atoms with van der Waals surface area (Å²) in [6, 6.07) is 6.45. The van der Waals surface area contributed by atoms with E-state index in [4.69, 9.17) is 37.6 Å². The minimum atomic E-state index is -1.46. The van der Waals surface area contributed by atoms with Gasteiger partial charge in [-0.15, -0.1) is 0 Å². The van der Waals surface area contributed by atoms with Crippen LogP contribution in [0.5, 0.6) is 11.5 Å². The highest BCUT2D eigenvalue weighted by atomic mass is 16.7. The van der Waals surface area contributed by atoms with Gasteiger partial charge in [0.05, 0.1) is 5.56 Å². The Labute approximate surface area is 240 Å². The van der Waals surface area contributed by atoms with Gasteiger partial charge in [-0.2, -0.15) is 0 Å². The minimum Gasteiger partial charge on any atom is -0.463 e. The van der Waals surface area contributed by atoms with Crippen molar-refractivity contribution >= 4 is 35.7 Å². The Morgan fingerprint density at radius 3 is 2.10 bits per heavy atom. The lowest BCUT2D eigenvalue weighted by Crippen LogP contribution is -2.63. The van der Waals surface area contributed by atoms with Crippen LogP contribution >= 0.6 is 0 Å². The molecule has 2 aliphatic heterocycles. The van der Waals surface area contributed by atoms with Gasteiger partial charge in [-0.25, -0.2) is 0 Å². The van der Waals surface area contributed by atoms with Gasteiger partial charge in [0.1, 0.15) is 35.7 Å². The van der Waals surface area contributed by atoms with E-state index in [1.165, 1.54) is 19.1 Å². The number of hydrogen-bond donors (Lipinski definition) is 0. The van der Waals surface area contributed by atoms with Crippen LogP contribution < -0.4 is 9.47 Å². The number of benzene rings is 1. The summed E-state index contributed by atoms with van der Waals surface area (Å²) < 4.78 is 44.7. The molecule has 0 aliphatic carbocycles. The Balaban J connectivity index is 1.68. The van der Waals surface area contributed by atoms with Gasteiger partial charge in [0.25, 0.3) is 0 Å². The zero-order chi connectivity index (χ0) is 30.7. The molecule has 42 heavy (non-hydrogen) atoms. The molecule has 0 saturated carbocycles. The number of carbonyl (C=O) groups excluding carboxylic acids is 5. The lowest BCUT2D eigenvalue weighted by atomic mass is 9.98. The first-order valence-electron chi connectivity index (χ1n) is 12.9. The molecule has 2 aliphatic rings. The molecule has 5 atom stereocenters. The Bertz CT molecular complexity index is 1430. The van der Waals surface area contributed by atoms with Crippen LogP contribution in [0, 0.1) is 13.8 Å². The molecule has 1 aromatic heterocycles. The van der Waals surface area contributed by atoms with E-state index in [0.717, 1.165) is 20.8 Å². The van der Waals surface area contributed by atoms with Gasteiger partial charge in [-0.1, -0.05) is 0 Å². The third-order valence-corrected chi connectivity index (χ3v) is 6.16. The highest BCUT2D eigenvalue weighted by Crippen LogP contribution is 2.39. The highest BCUT2D eigenvalue weighted by molar-refractivity contribution is 6.14. The summed E-state index contributed by atoms with van der Waals surface area (Å²) in [5, 5.41) is 0. The number of Topliss-reactive ketones (excluding diaryl/α,β-unsaturated/α-hetero) is 1. The zero-order valence-corrected chi connectivity index (χ0v) is 23.8. The van der Waals surface area contributed by atoms with Crippen molar-refractivity contribution in [3.63, 3.8) is 0 Å². The predicted octanol–water partition coefficient (Wildman–Crippen LogP) is 2.97. The first-order valence-corrected chi connectivity index (χ1v) is 12.9. The number of carbonyl (C=O) groups is 5. The van der Waals surface area contributed by atoms with E-state index < -0.39 is 67.0 Å². The molecular formula is C29H30O13. The molecular weight excluding hydrogens is 556 g/mol. The van der Waals surface area contributed by atoms with Crippen LogP contribution in [-0.2, 0) is 42.9 Å². The first kappa shape index (κ1) is 30.3. The van der Waals surface area contributed by atoms with E-state index in [1.54, 1.807) is 32.0 Å². The second-order valence-corrected chi connectivity index (χ2v) is 9.69. The second-order valence-electron chi connectivity index (χ2n) is 9.69. The Morgan fingerprint density at radius 2 is 1.50 bits per heavy atom. The maximum atomic E-state index is 13.2. The van der Waals surface area contributed by atoms with Crippen molar-refractivity contribution in [2.75, 3.05) is 6.61 Å². The van der Waals surface area contributed by atoms with Gasteiger partial charge < -0.3 is 37.6 Å². The average molecular weight is 587 g/mol. The number of aryl methyl sites for hydroxylation is 2. The van der Waals surface area contributed by atoms with Gasteiger partial charge in [0, 0.05) is 33.8 Å². The lowest BCUT2D eigenvalue weighted by molar-refractivity contribution is -0.288.